The van der Waals surface area contributed by atoms with E-state index in [1.807, 2.05) is 0 Å². The van der Waals surface area contributed by atoms with Crippen LogP contribution < -0.4 is 4.72 Å². The fraction of sp³-hybridized carbons (Fsp3) is 0.0909. The molecule has 2 aromatic rings. The molecule has 0 amide bonds. The molecule has 1 N–H and O–H groups in total. The molecule has 0 atom stereocenters. The van der Waals surface area contributed by atoms with E-state index in [-0.39, 0.29) is 16.9 Å². The second-order valence-corrected chi connectivity index (χ2v) is 5.80. The molecule has 0 aliphatic heterocycles. The Bertz CT molecular complexity index is 677. The van der Waals surface area contributed by atoms with Crippen molar-refractivity contribution in [3.63, 3.8) is 0 Å². The van der Waals surface area contributed by atoms with E-state index in [2.05, 4.69) is 14.7 Å². The summed E-state index contributed by atoms with van der Waals surface area (Å²) in [7, 11) is -3.67. The van der Waals surface area contributed by atoms with E-state index >= 15 is 0 Å². The van der Waals surface area contributed by atoms with Gasteiger partial charge >= 0.3 is 0 Å². The third-order valence-electron chi connectivity index (χ3n) is 2.14. The Hall–Kier alpha value is -1.73. The Balaban J connectivity index is 2.13. The first-order chi connectivity index (χ1) is 8.94. The first-order valence-electron chi connectivity index (χ1n) is 5.18. The average Bonchev–Trinajstić information content (AvgIpc) is 2.31. The van der Waals surface area contributed by atoms with Crippen molar-refractivity contribution < 1.29 is 12.8 Å². The molecule has 8 heteroatoms. The summed E-state index contributed by atoms with van der Waals surface area (Å²) in [6.45, 7) is 0. The second-order valence-electron chi connectivity index (χ2n) is 3.69. The van der Waals surface area contributed by atoms with Crippen molar-refractivity contribution in [1.29, 1.82) is 0 Å². The summed E-state index contributed by atoms with van der Waals surface area (Å²) < 4.78 is 38.6. The Morgan fingerprint density at radius 1 is 1.21 bits per heavy atom. The van der Waals surface area contributed by atoms with Crippen molar-refractivity contribution >= 4 is 27.6 Å². The molecule has 0 saturated heterocycles. The molecule has 0 aliphatic carbocycles. The van der Waals surface area contributed by atoms with Crippen molar-refractivity contribution in [3.8, 4) is 0 Å². The highest BCUT2D eigenvalue weighted by Gasteiger charge is 2.13. The maximum Gasteiger partial charge on any atom is 0.239 e. The number of benzene rings is 1. The van der Waals surface area contributed by atoms with E-state index in [1.165, 1.54) is 36.5 Å². The van der Waals surface area contributed by atoms with Gasteiger partial charge in [-0.15, -0.1) is 0 Å². The molecule has 1 aromatic heterocycles. The van der Waals surface area contributed by atoms with Crippen molar-refractivity contribution in [1.82, 2.24) is 9.97 Å². The maximum atomic E-state index is 12.7. The van der Waals surface area contributed by atoms with Gasteiger partial charge in [0.15, 0.2) is 0 Å². The fourth-order valence-corrected chi connectivity index (χ4v) is 2.58. The van der Waals surface area contributed by atoms with Crippen LogP contribution >= 0.6 is 11.6 Å². The summed E-state index contributed by atoms with van der Waals surface area (Å²) in [6.07, 6.45) is 1.34. The van der Waals surface area contributed by atoms with E-state index in [1.54, 1.807) is 0 Å². The van der Waals surface area contributed by atoms with Gasteiger partial charge in [-0.3, -0.25) is 4.72 Å². The van der Waals surface area contributed by atoms with Crippen molar-refractivity contribution in [2.75, 3.05) is 4.72 Å². The Morgan fingerprint density at radius 2 is 1.89 bits per heavy atom. The molecular weight excluding hydrogens is 293 g/mol. The number of anilines is 1. The minimum Gasteiger partial charge on any atom is -0.251 e. The van der Waals surface area contributed by atoms with Crippen LogP contribution in [0.3, 0.4) is 0 Å². The summed E-state index contributed by atoms with van der Waals surface area (Å²) in [4.78, 5) is 7.45. The second kappa shape index (κ2) is 5.50. The molecule has 0 spiro atoms. The van der Waals surface area contributed by atoms with E-state index in [4.69, 9.17) is 11.6 Å². The van der Waals surface area contributed by atoms with Gasteiger partial charge in [-0.1, -0.05) is 23.7 Å². The zero-order valence-electron chi connectivity index (χ0n) is 9.55. The smallest absolute Gasteiger partial charge is 0.239 e. The van der Waals surface area contributed by atoms with Gasteiger partial charge in [-0.05, 0) is 23.8 Å². The highest BCUT2D eigenvalue weighted by molar-refractivity contribution is 7.91. The van der Waals surface area contributed by atoms with Crippen LogP contribution in [0.1, 0.15) is 5.56 Å². The summed E-state index contributed by atoms with van der Waals surface area (Å²) in [5, 5.41) is 0.134. The van der Waals surface area contributed by atoms with Crippen molar-refractivity contribution in [2.24, 2.45) is 0 Å². The lowest BCUT2D eigenvalue weighted by atomic mass is 10.2. The number of rotatable bonds is 4. The zero-order chi connectivity index (χ0) is 13.9. The topological polar surface area (TPSA) is 72.0 Å². The van der Waals surface area contributed by atoms with Crippen LogP contribution in [0.4, 0.5) is 10.3 Å². The van der Waals surface area contributed by atoms with E-state index in [9.17, 15) is 12.8 Å². The first-order valence-corrected chi connectivity index (χ1v) is 7.21. The highest BCUT2D eigenvalue weighted by Crippen LogP contribution is 2.11. The Kier molecular flexibility index (Phi) is 3.96. The zero-order valence-corrected chi connectivity index (χ0v) is 11.1. The summed E-state index contributed by atoms with van der Waals surface area (Å²) in [5.41, 5.74) is 0.455. The molecule has 2 rings (SSSR count). The number of hydrogen-bond acceptors (Lipinski definition) is 4. The van der Waals surface area contributed by atoms with Crippen molar-refractivity contribution in [2.45, 2.75) is 5.75 Å². The molecule has 1 aromatic carbocycles. The summed E-state index contributed by atoms with van der Waals surface area (Å²) >= 11 is 5.62. The summed E-state index contributed by atoms with van der Waals surface area (Å²) in [5.74, 6) is -0.828. The molecule has 0 fully saturated rings. The van der Waals surface area contributed by atoms with Crippen LogP contribution in [-0.2, 0) is 15.8 Å². The Morgan fingerprint density at radius 3 is 2.53 bits per heavy atom. The normalized spacial score (nSPS) is 11.3. The van der Waals surface area contributed by atoms with Gasteiger partial charge in [0.05, 0.1) is 5.75 Å². The molecule has 5 nitrogen and oxygen atoms in total. The molecule has 0 aliphatic rings. The highest BCUT2D eigenvalue weighted by atomic mass is 35.5. The van der Waals surface area contributed by atoms with Crippen LogP contribution in [0.2, 0.25) is 5.15 Å². The monoisotopic (exact) mass is 301 g/mol. The van der Waals surface area contributed by atoms with Crippen molar-refractivity contribution in [3.05, 3.63) is 53.1 Å². The molecule has 0 unspecified atom stereocenters. The van der Waals surface area contributed by atoms with Gasteiger partial charge < -0.3 is 0 Å². The number of nitrogens with zero attached hydrogens (tertiary/aromatic N) is 2. The third kappa shape index (κ3) is 4.15. The predicted molar refractivity (Wildman–Crippen MR) is 69.7 cm³/mol. The van der Waals surface area contributed by atoms with Crippen LogP contribution in [0.5, 0.6) is 0 Å². The lowest BCUT2D eigenvalue weighted by molar-refractivity contribution is 0.599. The quantitative estimate of drug-likeness (QED) is 0.879. The van der Waals surface area contributed by atoms with Gasteiger partial charge in [0.25, 0.3) is 0 Å². The van der Waals surface area contributed by atoms with E-state index in [0.29, 0.717) is 5.56 Å². The molecule has 1 heterocycles. The van der Waals surface area contributed by atoms with E-state index < -0.39 is 15.8 Å². The number of nitrogens with one attached hydrogen (secondary N) is 1. The van der Waals surface area contributed by atoms with Crippen LogP contribution in [0, 0.1) is 5.82 Å². The summed E-state index contributed by atoms with van der Waals surface area (Å²) in [6, 6.07) is 6.61. The lowest BCUT2D eigenvalue weighted by Crippen LogP contribution is -2.16. The van der Waals surface area contributed by atoms with Crippen LogP contribution in [-0.4, -0.2) is 18.4 Å². The van der Waals surface area contributed by atoms with Gasteiger partial charge in [0, 0.05) is 6.20 Å². The fourth-order valence-electron chi connectivity index (χ4n) is 1.36. The molecule has 0 saturated carbocycles. The van der Waals surface area contributed by atoms with Gasteiger partial charge in [-0.2, -0.15) is 0 Å². The molecular formula is C11H9ClFN3O2S. The Labute approximate surface area is 114 Å². The van der Waals surface area contributed by atoms with E-state index in [0.717, 1.165) is 0 Å². The first kappa shape index (κ1) is 13.7. The number of aromatic nitrogens is 2. The lowest BCUT2D eigenvalue weighted by Gasteiger charge is -2.06. The SMILES string of the molecule is O=S(=O)(Cc1ccc(F)cc1)Nc1nccc(Cl)n1. The van der Waals surface area contributed by atoms with Crippen LogP contribution in [0.25, 0.3) is 0 Å². The maximum absolute atomic E-state index is 12.7. The molecule has 0 bridgehead atoms. The van der Waals surface area contributed by atoms with Gasteiger partial charge in [-0.25, -0.2) is 22.8 Å². The van der Waals surface area contributed by atoms with Gasteiger partial charge in [0.2, 0.25) is 16.0 Å². The number of hydrogen-bond donors (Lipinski definition) is 1. The van der Waals surface area contributed by atoms with Gasteiger partial charge in [0.1, 0.15) is 11.0 Å². The molecule has 19 heavy (non-hydrogen) atoms. The largest absolute Gasteiger partial charge is 0.251 e. The standard InChI is InChI=1S/C11H9ClFN3O2S/c12-10-5-6-14-11(15-10)16-19(17,18)7-8-1-3-9(13)4-2-8/h1-6H,7H2,(H,14,15,16). The van der Waals surface area contributed by atoms with Crippen LogP contribution in [0.15, 0.2) is 36.5 Å². The number of halogens is 2. The minimum atomic E-state index is -3.67. The number of sulfonamides is 1. The molecule has 0 radical (unpaired) electrons. The average molecular weight is 302 g/mol. The molecule has 100 valence electrons. The third-order valence-corrected chi connectivity index (χ3v) is 3.56. The predicted octanol–water partition coefficient (Wildman–Crippen LogP) is 2.21. The minimum absolute atomic E-state index is 0.102.